The molecule has 1 fully saturated rings. The summed E-state index contributed by atoms with van der Waals surface area (Å²) < 4.78 is 23.7. The van der Waals surface area contributed by atoms with E-state index in [1.54, 1.807) is 0 Å². The predicted molar refractivity (Wildman–Crippen MR) is 102 cm³/mol. The molecule has 146 valence electrons. The van der Waals surface area contributed by atoms with Gasteiger partial charge in [-0.3, -0.25) is 14.2 Å². The molecule has 1 amide bonds. The van der Waals surface area contributed by atoms with Gasteiger partial charge in [0.25, 0.3) is 5.91 Å². The van der Waals surface area contributed by atoms with Crippen LogP contribution in [-0.2, 0) is 23.7 Å². The van der Waals surface area contributed by atoms with E-state index in [1.165, 1.54) is 18.2 Å². The smallest absolute Gasteiger partial charge is 0.282 e. The molecule has 0 spiro atoms. The number of hydrogen-bond donors (Lipinski definition) is 0. The second-order valence-electron chi connectivity index (χ2n) is 7.92. The fourth-order valence-corrected chi connectivity index (χ4v) is 3.56. The van der Waals surface area contributed by atoms with Crippen molar-refractivity contribution in [1.82, 2.24) is 9.36 Å². The first kappa shape index (κ1) is 19.8. The predicted octanol–water partition coefficient (Wildman–Crippen LogP) is 3.84. The van der Waals surface area contributed by atoms with Crippen LogP contribution in [0.4, 0.5) is 4.39 Å². The van der Waals surface area contributed by atoms with Crippen molar-refractivity contribution in [3.8, 4) is 0 Å². The van der Waals surface area contributed by atoms with Gasteiger partial charge in [-0.25, -0.2) is 4.39 Å². The first-order chi connectivity index (χ1) is 12.7. The zero-order chi connectivity index (χ0) is 19.8. The number of carbonyl (C=O) groups excluding carboxylic acids is 1. The molecule has 1 atom stereocenters. The Labute approximate surface area is 163 Å². The molecule has 2 heterocycles. The van der Waals surface area contributed by atoms with E-state index in [-0.39, 0.29) is 17.1 Å². The third kappa shape index (κ3) is 4.33. The van der Waals surface area contributed by atoms with Gasteiger partial charge >= 0.3 is 0 Å². The molecule has 5 nitrogen and oxygen atoms in total. The molecule has 2 aromatic rings. The van der Waals surface area contributed by atoms with Gasteiger partial charge in [0, 0.05) is 35.9 Å². The van der Waals surface area contributed by atoms with Gasteiger partial charge in [0.1, 0.15) is 5.82 Å². The fraction of sp³-hybridized carbons (Fsp3) is 0.500. The molecule has 0 unspecified atom stereocenters. The summed E-state index contributed by atoms with van der Waals surface area (Å²) in [5, 5.41) is 0.297. The molecule has 0 saturated carbocycles. The molecule has 0 aliphatic carbocycles. The summed E-state index contributed by atoms with van der Waals surface area (Å²) in [7, 11) is 1.94. The summed E-state index contributed by atoms with van der Waals surface area (Å²) in [4.78, 5) is 16.8. The Balaban J connectivity index is 2.08. The maximum atomic E-state index is 14.1. The number of aromatic nitrogens is 2. The lowest BCUT2D eigenvalue weighted by Crippen LogP contribution is -2.30. The first-order valence-electron chi connectivity index (χ1n) is 9.10. The van der Waals surface area contributed by atoms with E-state index in [4.69, 9.17) is 16.3 Å². The highest BCUT2D eigenvalue weighted by Gasteiger charge is 2.24. The van der Waals surface area contributed by atoms with Crippen LogP contribution >= 0.6 is 11.6 Å². The number of nitrogens with zero attached hydrogens (tertiary/aromatic N) is 3. The Bertz CT molecular complexity index is 918. The van der Waals surface area contributed by atoms with Crippen LogP contribution in [-0.4, -0.2) is 28.0 Å². The largest absolute Gasteiger partial charge is 0.376 e. The van der Waals surface area contributed by atoms with Gasteiger partial charge in [0.05, 0.1) is 18.2 Å². The van der Waals surface area contributed by atoms with E-state index in [0.717, 1.165) is 25.1 Å². The van der Waals surface area contributed by atoms with E-state index in [9.17, 15) is 9.18 Å². The Morgan fingerprint density at radius 3 is 2.74 bits per heavy atom. The summed E-state index contributed by atoms with van der Waals surface area (Å²) in [6.07, 6.45) is 2.09. The lowest BCUT2D eigenvalue weighted by molar-refractivity contribution is 0.0885. The van der Waals surface area contributed by atoms with Crippen molar-refractivity contribution in [2.45, 2.75) is 51.7 Å². The van der Waals surface area contributed by atoms with Crippen LogP contribution in [0.5, 0.6) is 0 Å². The molecule has 1 aliphatic rings. The van der Waals surface area contributed by atoms with Gasteiger partial charge in [-0.1, -0.05) is 32.4 Å². The van der Waals surface area contributed by atoms with Crippen molar-refractivity contribution in [1.29, 1.82) is 0 Å². The monoisotopic (exact) mass is 393 g/mol. The van der Waals surface area contributed by atoms with Crippen LogP contribution < -0.4 is 5.49 Å². The highest BCUT2D eigenvalue weighted by molar-refractivity contribution is 6.31. The molecule has 0 radical (unpaired) electrons. The summed E-state index contributed by atoms with van der Waals surface area (Å²) >= 11 is 5.91. The van der Waals surface area contributed by atoms with Crippen molar-refractivity contribution < 1.29 is 13.9 Å². The standard InChI is InChI=1S/C20H25ClFN3O2/c1-20(2,3)17-11-18(25(24(17)4)12-14-6-5-9-27-14)23-19(26)15-10-13(21)7-8-16(15)22/h7-8,10-11,14H,5-6,9,12H2,1-4H3/b23-18+/t14-/m1/s1. The Morgan fingerprint density at radius 2 is 2.11 bits per heavy atom. The van der Waals surface area contributed by atoms with Crippen molar-refractivity contribution in [2.24, 2.45) is 12.0 Å². The first-order valence-corrected chi connectivity index (χ1v) is 9.47. The van der Waals surface area contributed by atoms with Crippen LogP contribution in [0.2, 0.25) is 5.02 Å². The van der Waals surface area contributed by atoms with Crippen LogP contribution in [0.3, 0.4) is 0 Å². The fourth-order valence-electron chi connectivity index (χ4n) is 3.39. The maximum absolute atomic E-state index is 14.1. The van der Waals surface area contributed by atoms with E-state index in [1.807, 2.05) is 22.5 Å². The van der Waals surface area contributed by atoms with Crippen molar-refractivity contribution >= 4 is 17.5 Å². The van der Waals surface area contributed by atoms with Gasteiger partial charge in [0.2, 0.25) is 0 Å². The number of halogens is 2. The van der Waals surface area contributed by atoms with Crippen LogP contribution in [0.15, 0.2) is 29.3 Å². The number of amides is 1. The lowest BCUT2D eigenvalue weighted by Gasteiger charge is -2.21. The third-order valence-electron chi connectivity index (χ3n) is 4.78. The molecular weight excluding hydrogens is 369 g/mol. The molecular formula is C20H25ClFN3O2. The molecule has 1 saturated heterocycles. The van der Waals surface area contributed by atoms with E-state index >= 15 is 0 Å². The number of carbonyl (C=O) groups is 1. The maximum Gasteiger partial charge on any atom is 0.282 e. The molecule has 3 rings (SSSR count). The molecule has 7 heteroatoms. The zero-order valence-corrected chi connectivity index (χ0v) is 16.9. The molecule has 0 N–H and O–H groups in total. The summed E-state index contributed by atoms with van der Waals surface area (Å²) in [6, 6.07) is 5.78. The van der Waals surface area contributed by atoms with Crippen LogP contribution in [0.1, 0.15) is 49.7 Å². The van der Waals surface area contributed by atoms with Crippen molar-refractivity contribution in [3.05, 3.63) is 51.9 Å². The molecule has 0 bridgehead atoms. The van der Waals surface area contributed by atoms with Gasteiger partial charge in [-0.05, 0) is 31.0 Å². The van der Waals surface area contributed by atoms with Crippen LogP contribution in [0, 0.1) is 5.82 Å². The number of hydrogen-bond acceptors (Lipinski definition) is 2. The minimum atomic E-state index is -0.651. The van der Waals surface area contributed by atoms with Gasteiger partial charge < -0.3 is 4.74 Å². The van der Waals surface area contributed by atoms with Gasteiger partial charge in [-0.2, -0.15) is 4.99 Å². The molecule has 27 heavy (non-hydrogen) atoms. The van der Waals surface area contributed by atoms with Crippen molar-refractivity contribution in [3.63, 3.8) is 0 Å². The minimum absolute atomic E-state index is 0.0865. The second-order valence-corrected chi connectivity index (χ2v) is 8.36. The number of benzene rings is 1. The molecule has 1 aromatic carbocycles. The highest BCUT2D eigenvalue weighted by Crippen LogP contribution is 2.22. The average molecular weight is 394 g/mol. The minimum Gasteiger partial charge on any atom is -0.376 e. The van der Waals surface area contributed by atoms with Gasteiger partial charge in [-0.15, -0.1) is 0 Å². The Kier molecular flexibility index (Phi) is 5.58. The zero-order valence-electron chi connectivity index (χ0n) is 16.1. The average Bonchev–Trinajstić information content (AvgIpc) is 3.20. The van der Waals surface area contributed by atoms with Crippen molar-refractivity contribution in [2.75, 3.05) is 6.61 Å². The summed E-state index contributed by atoms with van der Waals surface area (Å²) in [5.74, 6) is -1.28. The normalized spacial score (nSPS) is 18.3. The third-order valence-corrected chi connectivity index (χ3v) is 5.02. The Morgan fingerprint density at radius 1 is 1.37 bits per heavy atom. The summed E-state index contributed by atoms with van der Waals surface area (Å²) in [5.41, 5.74) is 1.25. The van der Waals surface area contributed by atoms with E-state index < -0.39 is 11.7 Å². The lowest BCUT2D eigenvalue weighted by atomic mass is 9.92. The number of ether oxygens (including phenoxy) is 1. The topological polar surface area (TPSA) is 48.5 Å². The second kappa shape index (κ2) is 7.60. The SMILES string of the molecule is Cn1c(C(C)(C)C)c/c(=N\C(=O)c2cc(Cl)ccc2F)n1C[C@H]1CCCO1. The molecule has 1 aliphatic heterocycles. The Hall–Kier alpha value is -1.92. The molecule has 1 aromatic heterocycles. The quantitative estimate of drug-likeness (QED) is 0.795. The number of rotatable bonds is 3. The van der Waals surface area contributed by atoms with Crippen LogP contribution in [0.25, 0.3) is 0 Å². The van der Waals surface area contributed by atoms with E-state index in [0.29, 0.717) is 17.1 Å². The van der Waals surface area contributed by atoms with Gasteiger partial charge in [0.15, 0.2) is 5.49 Å². The van der Waals surface area contributed by atoms with E-state index in [2.05, 4.69) is 25.8 Å². The summed E-state index contributed by atoms with van der Waals surface area (Å²) in [6.45, 7) is 7.64. The highest BCUT2D eigenvalue weighted by atomic mass is 35.5.